The molecule has 1 aliphatic rings. The Bertz CT molecular complexity index is 193. The molecule has 0 radical (unpaired) electrons. The highest BCUT2D eigenvalue weighted by atomic mass is 127. The van der Waals surface area contributed by atoms with Crippen molar-refractivity contribution in [1.29, 1.82) is 0 Å². The van der Waals surface area contributed by atoms with Crippen molar-refractivity contribution >= 4 is 10.8 Å². The minimum atomic E-state index is -0.765. The number of likely N-dealkylation sites (N-methyl/N-ethyl adjacent to an activating group) is 1. The number of hydrogen-bond acceptors (Lipinski definition) is 2. The Balaban J connectivity index is 0.00000144. The van der Waals surface area contributed by atoms with Gasteiger partial charge in [0.05, 0.1) is 37.7 Å². The van der Waals surface area contributed by atoms with Crippen LogP contribution in [0.15, 0.2) is 0 Å². The van der Waals surface area contributed by atoms with Gasteiger partial charge in [-0.3, -0.25) is 4.21 Å². The van der Waals surface area contributed by atoms with Crippen LogP contribution in [0.4, 0.5) is 0 Å². The zero-order valence-electron chi connectivity index (χ0n) is 8.62. The molecule has 0 bridgehead atoms. The second kappa shape index (κ2) is 5.04. The van der Waals surface area contributed by atoms with Crippen molar-refractivity contribution in [1.82, 2.24) is 0 Å². The molecule has 1 aliphatic heterocycles. The van der Waals surface area contributed by atoms with Crippen LogP contribution in [0.5, 0.6) is 0 Å². The molecular formula is C8H18INO2S. The summed E-state index contributed by atoms with van der Waals surface area (Å²) < 4.78 is 17.7. The maximum Gasteiger partial charge on any atom is 0.130 e. The molecule has 3 atom stereocenters. The maximum atomic E-state index is 11.2. The third kappa shape index (κ3) is 4.71. The van der Waals surface area contributed by atoms with Gasteiger partial charge in [0.15, 0.2) is 0 Å². The monoisotopic (exact) mass is 319 g/mol. The topological polar surface area (TPSA) is 26.3 Å². The van der Waals surface area contributed by atoms with Crippen molar-refractivity contribution in [2.75, 3.05) is 33.4 Å². The highest BCUT2D eigenvalue weighted by Gasteiger charge is 2.32. The van der Waals surface area contributed by atoms with Crippen LogP contribution in [0.2, 0.25) is 0 Å². The van der Waals surface area contributed by atoms with Crippen LogP contribution in [-0.2, 0) is 15.5 Å². The van der Waals surface area contributed by atoms with Crippen LogP contribution in [0.3, 0.4) is 0 Å². The normalized spacial score (nSPS) is 34.3. The summed E-state index contributed by atoms with van der Waals surface area (Å²) in [6.45, 7) is 2.82. The van der Waals surface area contributed by atoms with Gasteiger partial charge in [-0.05, 0) is 6.92 Å². The lowest BCUT2D eigenvalue weighted by molar-refractivity contribution is -0.873. The summed E-state index contributed by atoms with van der Waals surface area (Å²) in [5, 5.41) is 0. The molecule has 0 amide bonds. The highest BCUT2D eigenvalue weighted by molar-refractivity contribution is 7.85. The maximum absolute atomic E-state index is 11.2. The van der Waals surface area contributed by atoms with Crippen molar-refractivity contribution in [2.45, 2.75) is 18.5 Å². The van der Waals surface area contributed by atoms with Crippen LogP contribution in [0, 0.1) is 0 Å². The van der Waals surface area contributed by atoms with Gasteiger partial charge in [0, 0.05) is 0 Å². The van der Waals surface area contributed by atoms with E-state index >= 15 is 0 Å². The Morgan fingerprint density at radius 2 is 2.00 bits per heavy atom. The molecule has 0 aromatic heterocycles. The van der Waals surface area contributed by atoms with E-state index in [2.05, 4.69) is 21.1 Å². The average Bonchev–Trinajstić information content (AvgIpc) is 2.07. The van der Waals surface area contributed by atoms with E-state index in [-0.39, 0.29) is 35.5 Å². The van der Waals surface area contributed by atoms with E-state index in [9.17, 15) is 4.21 Å². The first-order valence-corrected chi connectivity index (χ1v) is 5.60. The second-order valence-electron chi connectivity index (χ2n) is 4.35. The van der Waals surface area contributed by atoms with E-state index in [4.69, 9.17) is 4.74 Å². The van der Waals surface area contributed by atoms with Crippen LogP contribution >= 0.6 is 0 Å². The Morgan fingerprint density at radius 3 is 2.31 bits per heavy atom. The van der Waals surface area contributed by atoms with E-state index in [0.29, 0.717) is 5.75 Å². The first kappa shape index (κ1) is 13.8. The van der Waals surface area contributed by atoms with Gasteiger partial charge >= 0.3 is 0 Å². The number of nitrogens with zero attached hydrogens (tertiary/aromatic N) is 1. The number of rotatable bonds is 2. The number of ether oxygens (including phenoxy) is 1. The molecule has 0 aromatic rings. The summed E-state index contributed by atoms with van der Waals surface area (Å²) in [4.78, 5) is 0. The summed E-state index contributed by atoms with van der Waals surface area (Å²) >= 11 is 0. The molecule has 1 rings (SSSR count). The largest absolute Gasteiger partial charge is 1.00 e. The number of quaternary nitrogens is 1. The molecular weight excluding hydrogens is 301 g/mol. The molecule has 0 aliphatic carbocycles. The summed E-state index contributed by atoms with van der Waals surface area (Å²) in [5.41, 5.74) is -0.0680. The quantitative estimate of drug-likeness (QED) is 0.406. The molecule has 0 aromatic carbocycles. The van der Waals surface area contributed by atoms with E-state index < -0.39 is 10.8 Å². The summed E-state index contributed by atoms with van der Waals surface area (Å²) in [6.07, 6.45) is 0.181. The second-order valence-corrected chi connectivity index (χ2v) is 6.10. The number of halogens is 1. The third-order valence-corrected chi connectivity index (χ3v) is 3.41. The summed E-state index contributed by atoms with van der Waals surface area (Å²) in [5.74, 6) is 0.705. The predicted molar refractivity (Wildman–Crippen MR) is 50.2 cm³/mol. The summed E-state index contributed by atoms with van der Waals surface area (Å²) in [6, 6.07) is 0. The molecule has 0 N–H and O–H groups in total. The molecule has 1 heterocycles. The molecule has 3 nitrogen and oxygen atoms in total. The lowest BCUT2D eigenvalue weighted by Crippen LogP contribution is -3.00. The Hall–Kier alpha value is 0.800. The van der Waals surface area contributed by atoms with E-state index in [1.165, 1.54) is 0 Å². The van der Waals surface area contributed by atoms with Gasteiger partial charge in [-0.15, -0.1) is 0 Å². The molecule has 1 fully saturated rings. The fourth-order valence-corrected chi connectivity index (χ4v) is 2.50. The standard InChI is InChI=1S/C8H18NO2S.HI/c1-7-11-8(6-12(7)10)5-9(2,3)4;/h7-8H,5-6H2,1-4H3;1H/q+1;/p-1/t7-,8-,12-;/m0./s1. The van der Waals surface area contributed by atoms with Gasteiger partial charge in [0.2, 0.25) is 0 Å². The smallest absolute Gasteiger partial charge is 0.130 e. The van der Waals surface area contributed by atoms with Gasteiger partial charge in [-0.2, -0.15) is 0 Å². The Kier molecular flexibility index (Phi) is 5.35. The van der Waals surface area contributed by atoms with Crippen LogP contribution in [0.1, 0.15) is 6.92 Å². The molecule has 0 saturated carbocycles. The van der Waals surface area contributed by atoms with Gasteiger partial charge in [-0.1, -0.05) is 0 Å². The zero-order valence-corrected chi connectivity index (χ0v) is 11.6. The van der Waals surface area contributed by atoms with E-state index in [1.807, 2.05) is 6.92 Å². The van der Waals surface area contributed by atoms with Gasteiger partial charge in [0.1, 0.15) is 18.1 Å². The average molecular weight is 319 g/mol. The lowest BCUT2D eigenvalue weighted by atomic mass is 10.3. The molecule has 0 spiro atoms. The minimum Gasteiger partial charge on any atom is -1.00 e. The van der Waals surface area contributed by atoms with Crippen molar-refractivity contribution in [3.05, 3.63) is 0 Å². The third-order valence-electron chi connectivity index (χ3n) is 1.86. The van der Waals surface area contributed by atoms with Crippen molar-refractivity contribution < 1.29 is 37.4 Å². The Morgan fingerprint density at radius 1 is 1.46 bits per heavy atom. The molecule has 5 heteroatoms. The van der Waals surface area contributed by atoms with Crippen molar-refractivity contribution in [3.63, 3.8) is 0 Å². The first-order valence-electron chi connectivity index (χ1n) is 4.21. The van der Waals surface area contributed by atoms with Crippen molar-refractivity contribution in [2.24, 2.45) is 0 Å². The summed E-state index contributed by atoms with van der Waals surface area (Å²) in [7, 11) is 5.60. The molecule has 1 saturated heterocycles. The molecule has 13 heavy (non-hydrogen) atoms. The molecule has 80 valence electrons. The van der Waals surface area contributed by atoms with Crippen molar-refractivity contribution in [3.8, 4) is 0 Å². The van der Waals surface area contributed by atoms with Gasteiger partial charge in [0.25, 0.3) is 0 Å². The fraction of sp³-hybridized carbons (Fsp3) is 1.00. The van der Waals surface area contributed by atoms with E-state index in [0.717, 1.165) is 11.0 Å². The van der Waals surface area contributed by atoms with Crippen LogP contribution < -0.4 is 24.0 Å². The number of hydrogen-bond donors (Lipinski definition) is 0. The van der Waals surface area contributed by atoms with Gasteiger partial charge in [-0.25, -0.2) is 0 Å². The van der Waals surface area contributed by atoms with Crippen LogP contribution in [0.25, 0.3) is 0 Å². The fourth-order valence-electron chi connectivity index (χ4n) is 1.40. The zero-order chi connectivity index (χ0) is 9.35. The molecule has 0 unspecified atom stereocenters. The highest BCUT2D eigenvalue weighted by Crippen LogP contribution is 2.16. The van der Waals surface area contributed by atoms with Crippen LogP contribution in [-0.4, -0.2) is 53.7 Å². The predicted octanol–water partition coefficient (Wildman–Crippen LogP) is -2.81. The van der Waals surface area contributed by atoms with Gasteiger partial charge < -0.3 is 33.2 Å². The Labute approximate surface area is 99.9 Å². The minimum absolute atomic E-state index is 0. The first-order chi connectivity index (χ1) is 5.38. The van der Waals surface area contributed by atoms with E-state index in [1.54, 1.807) is 0 Å². The SMILES string of the molecule is C[C@H]1O[C@@H](C[N+](C)(C)C)C[S@@]1=O.[I-]. The lowest BCUT2D eigenvalue weighted by Gasteiger charge is -2.26.